The van der Waals surface area contributed by atoms with Gasteiger partial charge in [-0.15, -0.1) is 11.3 Å². The third-order valence-electron chi connectivity index (χ3n) is 6.03. The molecule has 0 saturated heterocycles. The highest BCUT2D eigenvalue weighted by molar-refractivity contribution is 7.16. The van der Waals surface area contributed by atoms with E-state index in [2.05, 4.69) is 12.2 Å². The fourth-order valence-electron chi connectivity index (χ4n) is 3.65. The molecular weight excluding hydrogens is 376 g/mol. The van der Waals surface area contributed by atoms with E-state index in [0.717, 1.165) is 49.0 Å². The number of carbonyl (C=O) groups is 3. The van der Waals surface area contributed by atoms with Crippen LogP contribution < -0.4 is 5.32 Å². The molecular formula is C21H30N2O4S. The molecule has 1 aromatic rings. The molecule has 0 aromatic carbocycles. The maximum atomic E-state index is 12.7. The van der Waals surface area contributed by atoms with E-state index in [0.29, 0.717) is 16.5 Å². The summed E-state index contributed by atoms with van der Waals surface area (Å²) in [6.07, 6.45) is 6.04. The predicted molar refractivity (Wildman–Crippen MR) is 110 cm³/mol. The van der Waals surface area contributed by atoms with Gasteiger partial charge in [-0.3, -0.25) is 9.59 Å². The summed E-state index contributed by atoms with van der Waals surface area (Å²) in [6, 6.07) is 0.223. The maximum absolute atomic E-state index is 12.7. The summed E-state index contributed by atoms with van der Waals surface area (Å²) in [5.41, 5.74) is 1.17. The second kappa shape index (κ2) is 8.64. The summed E-state index contributed by atoms with van der Waals surface area (Å²) >= 11 is 1.38. The van der Waals surface area contributed by atoms with E-state index in [1.54, 1.807) is 11.9 Å². The van der Waals surface area contributed by atoms with Crippen LogP contribution in [0.5, 0.6) is 0 Å². The van der Waals surface area contributed by atoms with Crippen LogP contribution in [0.4, 0.5) is 5.00 Å². The number of nitrogens with zero attached hydrogens (tertiary/aromatic N) is 1. The van der Waals surface area contributed by atoms with Gasteiger partial charge in [-0.25, -0.2) is 4.79 Å². The van der Waals surface area contributed by atoms with Crippen molar-refractivity contribution in [1.82, 2.24) is 4.90 Å². The topological polar surface area (TPSA) is 75.7 Å². The summed E-state index contributed by atoms with van der Waals surface area (Å²) < 4.78 is 5.34. The number of hydrogen-bond acceptors (Lipinski definition) is 5. The highest BCUT2D eigenvalue weighted by atomic mass is 32.1. The summed E-state index contributed by atoms with van der Waals surface area (Å²) in [5, 5.41) is 3.39. The minimum atomic E-state index is -0.549. The van der Waals surface area contributed by atoms with Gasteiger partial charge < -0.3 is 15.0 Å². The average Bonchev–Trinajstić information content (AvgIpc) is 3.47. The smallest absolute Gasteiger partial charge is 0.341 e. The van der Waals surface area contributed by atoms with Crippen molar-refractivity contribution in [3.8, 4) is 0 Å². The number of likely N-dealkylation sites (N-methyl/N-ethyl adjacent to an activating group) is 1. The molecule has 0 aliphatic heterocycles. The van der Waals surface area contributed by atoms with Crippen LogP contribution in [0, 0.1) is 25.7 Å². The van der Waals surface area contributed by atoms with Crippen molar-refractivity contribution in [1.29, 1.82) is 0 Å². The first-order chi connectivity index (χ1) is 13.3. The number of esters is 1. The number of amides is 2. The molecule has 1 aromatic heterocycles. The molecule has 2 saturated carbocycles. The van der Waals surface area contributed by atoms with Crippen molar-refractivity contribution in [3.05, 3.63) is 16.0 Å². The molecule has 1 heterocycles. The van der Waals surface area contributed by atoms with Crippen LogP contribution in [0.1, 0.15) is 66.2 Å². The number of rotatable bonds is 6. The van der Waals surface area contributed by atoms with E-state index in [4.69, 9.17) is 4.74 Å². The average molecular weight is 407 g/mol. The van der Waals surface area contributed by atoms with Gasteiger partial charge in [-0.05, 0) is 63.9 Å². The van der Waals surface area contributed by atoms with Crippen LogP contribution in [-0.2, 0) is 14.3 Å². The molecule has 0 bridgehead atoms. The quantitative estimate of drug-likeness (QED) is 0.727. The standard InChI is InChI=1S/C21H30N2O4S/c1-12-5-9-16(10-6-12)23(4)17(24)11-27-21(26)18-13(2)14(3)28-20(18)22-19(25)15-7-8-15/h12,15-16H,5-11H2,1-4H3,(H,22,25). The molecule has 7 heteroatoms. The fraction of sp³-hybridized carbons (Fsp3) is 0.667. The molecule has 0 radical (unpaired) electrons. The van der Waals surface area contributed by atoms with Gasteiger partial charge in [-0.1, -0.05) is 6.92 Å². The Labute approximate surface area is 170 Å². The SMILES string of the molecule is Cc1sc(NC(=O)C2CC2)c(C(=O)OCC(=O)N(C)C2CCC(C)CC2)c1C. The number of hydrogen-bond donors (Lipinski definition) is 1. The number of aryl methyl sites for hydroxylation is 1. The zero-order valence-electron chi connectivity index (χ0n) is 17.2. The molecule has 2 amide bonds. The largest absolute Gasteiger partial charge is 0.452 e. The first-order valence-electron chi connectivity index (χ1n) is 10.1. The Hall–Kier alpha value is -1.89. The van der Waals surface area contributed by atoms with Crippen molar-refractivity contribution in [2.45, 2.75) is 65.3 Å². The number of nitrogens with one attached hydrogen (secondary N) is 1. The third kappa shape index (κ3) is 4.74. The van der Waals surface area contributed by atoms with Gasteiger partial charge in [-0.2, -0.15) is 0 Å². The monoisotopic (exact) mass is 406 g/mol. The van der Waals surface area contributed by atoms with Gasteiger partial charge in [0.15, 0.2) is 6.61 Å². The molecule has 28 heavy (non-hydrogen) atoms. The molecule has 3 rings (SSSR count). The van der Waals surface area contributed by atoms with E-state index < -0.39 is 5.97 Å². The van der Waals surface area contributed by atoms with E-state index in [1.807, 2.05) is 13.8 Å². The van der Waals surface area contributed by atoms with Gasteiger partial charge in [0.1, 0.15) is 5.00 Å². The van der Waals surface area contributed by atoms with Crippen molar-refractivity contribution in [2.75, 3.05) is 19.0 Å². The lowest BCUT2D eigenvalue weighted by Crippen LogP contribution is -2.41. The Morgan fingerprint density at radius 2 is 1.75 bits per heavy atom. The van der Waals surface area contributed by atoms with Crippen molar-refractivity contribution < 1.29 is 19.1 Å². The molecule has 1 N–H and O–H groups in total. The Morgan fingerprint density at radius 1 is 1.11 bits per heavy atom. The van der Waals surface area contributed by atoms with Crippen molar-refractivity contribution in [2.24, 2.45) is 11.8 Å². The Morgan fingerprint density at radius 3 is 2.36 bits per heavy atom. The molecule has 0 unspecified atom stereocenters. The lowest BCUT2D eigenvalue weighted by atomic mass is 9.87. The Kier molecular flexibility index (Phi) is 6.43. The zero-order chi connectivity index (χ0) is 20.4. The van der Waals surface area contributed by atoms with Gasteiger partial charge in [0.05, 0.1) is 5.56 Å². The molecule has 2 aliphatic carbocycles. The van der Waals surface area contributed by atoms with E-state index >= 15 is 0 Å². The second-order valence-corrected chi connectivity index (χ2v) is 9.47. The first-order valence-corrected chi connectivity index (χ1v) is 10.9. The first kappa shape index (κ1) is 20.8. The van der Waals surface area contributed by atoms with Gasteiger partial charge in [0, 0.05) is 23.9 Å². The van der Waals surface area contributed by atoms with E-state index in [9.17, 15) is 14.4 Å². The number of thiophene rings is 1. The third-order valence-corrected chi connectivity index (χ3v) is 7.15. The summed E-state index contributed by atoms with van der Waals surface area (Å²) in [7, 11) is 1.79. The molecule has 6 nitrogen and oxygen atoms in total. The summed E-state index contributed by atoms with van der Waals surface area (Å²) in [5.74, 6) is -0.00245. The number of anilines is 1. The molecule has 154 valence electrons. The summed E-state index contributed by atoms with van der Waals surface area (Å²) in [4.78, 5) is 40.0. The predicted octanol–water partition coefficient (Wildman–Crippen LogP) is 3.91. The lowest BCUT2D eigenvalue weighted by molar-refractivity contribution is -0.136. The van der Waals surface area contributed by atoms with Crippen LogP contribution in [0.2, 0.25) is 0 Å². The zero-order valence-corrected chi connectivity index (χ0v) is 18.0. The van der Waals surface area contributed by atoms with Crippen LogP contribution >= 0.6 is 11.3 Å². The highest BCUT2D eigenvalue weighted by Gasteiger charge is 2.32. The van der Waals surface area contributed by atoms with Gasteiger partial charge in [0.2, 0.25) is 5.91 Å². The lowest BCUT2D eigenvalue weighted by Gasteiger charge is -2.33. The molecule has 0 atom stereocenters. The Bertz CT molecular complexity index is 761. The van der Waals surface area contributed by atoms with Crippen LogP contribution in [-0.4, -0.2) is 42.4 Å². The normalized spacial score (nSPS) is 21.9. The maximum Gasteiger partial charge on any atom is 0.341 e. The van der Waals surface area contributed by atoms with Crippen LogP contribution in [0.25, 0.3) is 0 Å². The Balaban J connectivity index is 1.59. The van der Waals surface area contributed by atoms with Crippen LogP contribution in [0.15, 0.2) is 0 Å². The number of carbonyl (C=O) groups excluding carboxylic acids is 3. The summed E-state index contributed by atoms with van der Waals surface area (Å²) in [6.45, 7) is 5.72. The van der Waals surface area contributed by atoms with Gasteiger partial charge >= 0.3 is 5.97 Å². The van der Waals surface area contributed by atoms with Crippen molar-refractivity contribution in [3.63, 3.8) is 0 Å². The molecule has 2 fully saturated rings. The molecule has 0 spiro atoms. The number of ether oxygens (including phenoxy) is 1. The minimum Gasteiger partial charge on any atom is -0.452 e. The van der Waals surface area contributed by atoms with E-state index in [-0.39, 0.29) is 30.4 Å². The van der Waals surface area contributed by atoms with Crippen LogP contribution in [0.3, 0.4) is 0 Å². The fourth-order valence-corrected chi connectivity index (χ4v) is 4.71. The highest BCUT2D eigenvalue weighted by Crippen LogP contribution is 2.36. The van der Waals surface area contributed by atoms with Gasteiger partial charge in [0.25, 0.3) is 5.91 Å². The second-order valence-electron chi connectivity index (χ2n) is 8.25. The van der Waals surface area contributed by atoms with E-state index in [1.165, 1.54) is 11.3 Å². The minimum absolute atomic E-state index is 0.0439. The van der Waals surface area contributed by atoms with Crippen molar-refractivity contribution >= 4 is 34.1 Å². The molecule has 2 aliphatic rings.